The molecule has 1 amide bonds. The van der Waals surface area contributed by atoms with E-state index in [9.17, 15) is 4.79 Å². The Balaban J connectivity index is 2.61. The molecule has 0 saturated carbocycles. The van der Waals surface area contributed by atoms with E-state index in [1.807, 2.05) is 6.07 Å². The molecule has 0 bridgehead atoms. The fourth-order valence-electron chi connectivity index (χ4n) is 3.67. The van der Waals surface area contributed by atoms with Crippen LogP contribution in [0.5, 0.6) is 0 Å². The summed E-state index contributed by atoms with van der Waals surface area (Å²) in [6.45, 7) is 8.37. The van der Waals surface area contributed by atoms with E-state index in [1.165, 1.54) is 5.56 Å². The standard InChI is InChI=1S/C17H25NO/c1-5-14-12-17(6-2,7-3)18(13(4)19)16-11-9-8-10-15(14)16/h8-11,14H,5-7,12H2,1-4H3. The van der Waals surface area contributed by atoms with Crippen molar-refractivity contribution < 1.29 is 4.79 Å². The first-order valence-corrected chi connectivity index (χ1v) is 7.49. The molecule has 0 N–H and O–H groups in total. The lowest BCUT2D eigenvalue weighted by Gasteiger charge is -2.49. The monoisotopic (exact) mass is 259 g/mol. The summed E-state index contributed by atoms with van der Waals surface area (Å²) in [6, 6.07) is 8.43. The van der Waals surface area contributed by atoms with Crippen LogP contribution in [0.25, 0.3) is 0 Å². The van der Waals surface area contributed by atoms with Crippen LogP contribution in [0.1, 0.15) is 64.9 Å². The molecule has 2 nitrogen and oxygen atoms in total. The number of fused-ring (bicyclic) bond motifs is 1. The SMILES string of the molecule is CCC1CC(CC)(CC)N(C(C)=O)c2ccccc21. The van der Waals surface area contributed by atoms with Gasteiger partial charge < -0.3 is 4.90 Å². The molecule has 104 valence electrons. The number of nitrogens with zero attached hydrogens (tertiary/aromatic N) is 1. The Morgan fingerprint density at radius 1 is 1.26 bits per heavy atom. The number of hydrogen-bond donors (Lipinski definition) is 0. The smallest absolute Gasteiger partial charge is 0.224 e. The highest BCUT2D eigenvalue weighted by molar-refractivity contribution is 5.94. The van der Waals surface area contributed by atoms with Gasteiger partial charge in [-0.3, -0.25) is 4.79 Å². The topological polar surface area (TPSA) is 20.3 Å². The quantitative estimate of drug-likeness (QED) is 0.783. The zero-order valence-electron chi connectivity index (χ0n) is 12.6. The Hall–Kier alpha value is -1.31. The molecule has 0 spiro atoms. The largest absolute Gasteiger partial charge is 0.306 e. The highest BCUT2D eigenvalue weighted by Crippen LogP contribution is 2.47. The number of hydrogen-bond acceptors (Lipinski definition) is 1. The number of carbonyl (C=O) groups is 1. The van der Waals surface area contributed by atoms with Crippen LogP contribution in [0.3, 0.4) is 0 Å². The van der Waals surface area contributed by atoms with Gasteiger partial charge in [-0.15, -0.1) is 0 Å². The second-order valence-corrected chi connectivity index (χ2v) is 5.65. The van der Waals surface area contributed by atoms with E-state index in [-0.39, 0.29) is 11.4 Å². The summed E-state index contributed by atoms with van der Waals surface area (Å²) in [6.07, 6.45) is 4.28. The molecule has 19 heavy (non-hydrogen) atoms. The van der Waals surface area contributed by atoms with E-state index in [4.69, 9.17) is 0 Å². The molecule has 1 aliphatic rings. The second-order valence-electron chi connectivity index (χ2n) is 5.65. The molecule has 1 aromatic carbocycles. The van der Waals surface area contributed by atoms with Crippen molar-refractivity contribution in [2.24, 2.45) is 0 Å². The molecule has 2 rings (SSSR count). The normalized spacial score (nSPS) is 21.1. The van der Waals surface area contributed by atoms with Gasteiger partial charge in [0.15, 0.2) is 0 Å². The molecule has 0 fully saturated rings. The van der Waals surface area contributed by atoms with Gasteiger partial charge in [-0.2, -0.15) is 0 Å². The van der Waals surface area contributed by atoms with Crippen molar-refractivity contribution in [3.63, 3.8) is 0 Å². The minimum atomic E-state index is 0.000856. The predicted molar refractivity (Wildman–Crippen MR) is 80.6 cm³/mol. The average molecular weight is 259 g/mol. The molecule has 0 aromatic heterocycles. The lowest BCUT2D eigenvalue weighted by molar-refractivity contribution is -0.118. The van der Waals surface area contributed by atoms with Crippen LogP contribution >= 0.6 is 0 Å². The fourth-order valence-corrected chi connectivity index (χ4v) is 3.67. The van der Waals surface area contributed by atoms with E-state index in [0.29, 0.717) is 5.92 Å². The molecule has 2 heteroatoms. The number of amides is 1. The van der Waals surface area contributed by atoms with Crippen LogP contribution in [0.2, 0.25) is 0 Å². The van der Waals surface area contributed by atoms with E-state index in [0.717, 1.165) is 31.4 Å². The number of para-hydroxylation sites is 1. The van der Waals surface area contributed by atoms with Crippen molar-refractivity contribution in [2.45, 2.75) is 64.8 Å². The molecule has 1 aliphatic heterocycles. The molecule has 0 aliphatic carbocycles. The molecule has 0 saturated heterocycles. The van der Waals surface area contributed by atoms with Gasteiger partial charge in [0.1, 0.15) is 0 Å². The molecule has 1 atom stereocenters. The van der Waals surface area contributed by atoms with Gasteiger partial charge in [-0.05, 0) is 43.2 Å². The van der Waals surface area contributed by atoms with Crippen LogP contribution in [0, 0.1) is 0 Å². The van der Waals surface area contributed by atoms with E-state index in [1.54, 1.807) is 6.92 Å². The number of anilines is 1. The van der Waals surface area contributed by atoms with Crippen molar-refractivity contribution in [1.82, 2.24) is 0 Å². The predicted octanol–water partition coefficient (Wildman–Crippen LogP) is 4.50. The Morgan fingerprint density at radius 3 is 2.42 bits per heavy atom. The van der Waals surface area contributed by atoms with Gasteiger partial charge in [0.05, 0.1) is 0 Å². The Bertz CT molecular complexity index is 462. The summed E-state index contributed by atoms with van der Waals surface area (Å²) in [5.41, 5.74) is 2.48. The lowest BCUT2D eigenvalue weighted by atomic mass is 9.73. The molecule has 1 aromatic rings. The maximum absolute atomic E-state index is 12.2. The maximum Gasteiger partial charge on any atom is 0.224 e. The average Bonchev–Trinajstić information content (AvgIpc) is 2.44. The first-order chi connectivity index (χ1) is 9.09. The Kier molecular flexibility index (Phi) is 3.98. The summed E-state index contributed by atoms with van der Waals surface area (Å²) in [7, 11) is 0. The molecular weight excluding hydrogens is 234 g/mol. The third-order valence-corrected chi connectivity index (χ3v) is 4.84. The third-order valence-electron chi connectivity index (χ3n) is 4.84. The van der Waals surface area contributed by atoms with Gasteiger partial charge in [-0.1, -0.05) is 39.0 Å². The Labute approximate surface area is 116 Å². The van der Waals surface area contributed by atoms with Crippen molar-refractivity contribution in [3.05, 3.63) is 29.8 Å². The van der Waals surface area contributed by atoms with Crippen molar-refractivity contribution in [2.75, 3.05) is 4.90 Å². The summed E-state index contributed by atoms with van der Waals surface area (Å²) in [4.78, 5) is 14.3. The summed E-state index contributed by atoms with van der Waals surface area (Å²) in [5.74, 6) is 0.748. The van der Waals surface area contributed by atoms with Gasteiger partial charge in [0.25, 0.3) is 0 Å². The van der Waals surface area contributed by atoms with Crippen LogP contribution in [0.15, 0.2) is 24.3 Å². The van der Waals surface area contributed by atoms with Gasteiger partial charge in [0.2, 0.25) is 5.91 Å². The first kappa shape index (κ1) is 14.1. The molecule has 0 radical (unpaired) electrons. The minimum absolute atomic E-state index is 0.000856. The Morgan fingerprint density at radius 2 is 1.89 bits per heavy atom. The van der Waals surface area contributed by atoms with Gasteiger partial charge in [-0.25, -0.2) is 0 Å². The van der Waals surface area contributed by atoms with Crippen LogP contribution < -0.4 is 4.90 Å². The van der Waals surface area contributed by atoms with Crippen LogP contribution in [-0.2, 0) is 4.79 Å². The zero-order chi connectivity index (χ0) is 14.0. The van der Waals surface area contributed by atoms with Crippen molar-refractivity contribution in [1.29, 1.82) is 0 Å². The summed E-state index contributed by atoms with van der Waals surface area (Å²) in [5, 5.41) is 0. The summed E-state index contributed by atoms with van der Waals surface area (Å²) >= 11 is 0. The lowest BCUT2D eigenvalue weighted by Crippen LogP contribution is -2.54. The van der Waals surface area contributed by atoms with E-state index >= 15 is 0 Å². The molecule has 1 unspecified atom stereocenters. The highest BCUT2D eigenvalue weighted by Gasteiger charge is 2.43. The highest BCUT2D eigenvalue weighted by atomic mass is 16.2. The second kappa shape index (κ2) is 5.36. The number of benzene rings is 1. The maximum atomic E-state index is 12.2. The minimum Gasteiger partial charge on any atom is -0.306 e. The zero-order valence-corrected chi connectivity index (χ0v) is 12.6. The fraction of sp³-hybridized carbons (Fsp3) is 0.588. The van der Waals surface area contributed by atoms with Crippen LogP contribution in [0.4, 0.5) is 5.69 Å². The van der Waals surface area contributed by atoms with E-state index < -0.39 is 0 Å². The number of carbonyl (C=O) groups excluding carboxylic acids is 1. The van der Waals surface area contributed by atoms with Gasteiger partial charge >= 0.3 is 0 Å². The van der Waals surface area contributed by atoms with Crippen molar-refractivity contribution >= 4 is 11.6 Å². The first-order valence-electron chi connectivity index (χ1n) is 7.49. The number of rotatable bonds is 3. The molecule has 1 heterocycles. The van der Waals surface area contributed by atoms with E-state index in [2.05, 4.69) is 43.9 Å². The third kappa shape index (κ3) is 2.18. The van der Waals surface area contributed by atoms with Crippen LogP contribution in [-0.4, -0.2) is 11.4 Å². The summed E-state index contributed by atoms with van der Waals surface area (Å²) < 4.78 is 0. The van der Waals surface area contributed by atoms with Gasteiger partial charge in [0, 0.05) is 18.2 Å². The molecular formula is C17H25NO. The van der Waals surface area contributed by atoms with Crippen molar-refractivity contribution in [3.8, 4) is 0 Å².